The minimum Gasteiger partial charge on any atom is -0.0798 e. The molecule has 0 aliphatic heterocycles. The molecule has 1 radical (unpaired) electrons. The van der Waals surface area contributed by atoms with Crippen molar-refractivity contribution < 1.29 is 0 Å². The molecule has 0 aromatic rings. The quantitative estimate of drug-likeness (QED) is 0.538. The van der Waals surface area contributed by atoms with Gasteiger partial charge in [-0.15, -0.1) is 0 Å². The minimum absolute atomic E-state index is 1.04. The molecule has 0 heterocycles. The highest BCUT2D eigenvalue weighted by molar-refractivity contribution is 5.21. The maximum absolute atomic E-state index is 3.30. The standard InChI is InChI=1S/C9H13/c1-2-3-6-9-7-4-5-8-9/h4,7H,2-3,5-6H2,1H3. The third-order valence-corrected chi connectivity index (χ3v) is 1.57. The summed E-state index contributed by atoms with van der Waals surface area (Å²) < 4.78 is 0. The largest absolute Gasteiger partial charge is 0.0798 e. The van der Waals surface area contributed by atoms with Crippen LogP contribution in [0.3, 0.4) is 0 Å². The van der Waals surface area contributed by atoms with Gasteiger partial charge in [0.25, 0.3) is 0 Å². The van der Waals surface area contributed by atoms with E-state index in [0.717, 1.165) is 6.42 Å². The maximum atomic E-state index is 3.30. The highest BCUT2D eigenvalue weighted by atomic mass is 14.0. The topological polar surface area (TPSA) is 0 Å². The summed E-state index contributed by atoms with van der Waals surface area (Å²) in [5.41, 5.74) is 1.41. The normalized spacial score (nSPS) is 16.3. The van der Waals surface area contributed by atoms with Crippen molar-refractivity contribution >= 4 is 0 Å². The van der Waals surface area contributed by atoms with Gasteiger partial charge >= 0.3 is 0 Å². The van der Waals surface area contributed by atoms with Crippen molar-refractivity contribution in [1.82, 2.24) is 0 Å². The van der Waals surface area contributed by atoms with Crippen molar-refractivity contribution in [2.75, 3.05) is 0 Å². The van der Waals surface area contributed by atoms with E-state index in [2.05, 4.69) is 25.2 Å². The van der Waals surface area contributed by atoms with E-state index >= 15 is 0 Å². The maximum Gasteiger partial charge on any atom is -0.00885 e. The summed E-state index contributed by atoms with van der Waals surface area (Å²) >= 11 is 0. The van der Waals surface area contributed by atoms with Crippen LogP contribution in [0.4, 0.5) is 0 Å². The summed E-state index contributed by atoms with van der Waals surface area (Å²) in [5.74, 6) is 0. The zero-order valence-corrected chi connectivity index (χ0v) is 5.98. The second-order valence-corrected chi connectivity index (χ2v) is 2.41. The Morgan fingerprint density at radius 2 is 2.56 bits per heavy atom. The summed E-state index contributed by atoms with van der Waals surface area (Å²) in [5, 5.41) is 0. The van der Waals surface area contributed by atoms with Gasteiger partial charge in [0.1, 0.15) is 0 Å². The fraction of sp³-hybridized carbons (Fsp3) is 0.556. The number of rotatable bonds is 3. The first-order chi connectivity index (χ1) is 4.43. The second kappa shape index (κ2) is 3.49. The number of hydrogen-bond donors (Lipinski definition) is 0. The Kier molecular flexibility index (Phi) is 2.56. The molecule has 0 aromatic carbocycles. The molecule has 0 atom stereocenters. The molecule has 0 unspecified atom stereocenters. The van der Waals surface area contributed by atoms with Crippen molar-refractivity contribution in [3.05, 3.63) is 23.8 Å². The average molecular weight is 121 g/mol. The van der Waals surface area contributed by atoms with E-state index in [1.807, 2.05) is 0 Å². The van der Waals surface area contributed by atoms with E-state index in [-0.39, 0.29) is 0 Å². The summed E-state index contributed by atoms with van der Waals surface area (Å²) in [6.07, 6.45) is 12.5. The third kappa shape index (κ3) is 2.05. The number of allylic oxidation sites excluding steroid dienone is 4. The van der Waals surface area contributed by atoms with Crippen LogP contribution in [0.2, 0.25) is 0 Å². The van der Waals surface area contributed by atoms with Crippen LogP contribution in [-0.2, 0) is 0 Å². The van der Waals surface area contributed by atoms with E-state index in [1.54, 1.807) is 0 Å². The molecule has 0 fully saturated rings. The Morgan fingerprint density at radius 1 is 1.67 bits per heavy atom. The van der Waals surface area contributed by atoms with Gasteiger partial charge in [-0.25, -0.2) is 0 Å². The molecule has 0 saturated heterocycles. The fourth-order valence-corrected chi connectivity index (χ4v) is 0.989. The first kappa shape index (κ1) is 6.60. The van der Waals surface area contributed by atoms with Crippen LogP contribution in [0.25, 0.3) is 0 Å². The van der Waals surface area contributed by atoms with Crippen LogP contribution in [0.1, 0.15) is 32.6 Å². The smallest absolute Gasteiger partial charge is 0.00885 e. The molecule has 0 spiro atoms. The molecule has 0 bridgehead atoms. The lowest BCUT2D eigenvalue weighted by molar-refractivity contribution is 0.797. The van der Waals surface area contributed by atoms with Gasteiger partial charge in [0.05, 0.1) is 0 Å². The van der Waals surface area contributed by atoms with Crippen molar-refractivity contribution in [3.8, 4) is 0 Å². The van der Waals surface area contributed by atoms with E-state index in [1.165, 1.54) is 24.8 Å². The Bertz CT molecular complexity index is 129. The Labute approximate surface area is 57.3 Å². The zero-order chi connectivity index (χ0) is 6.53. The molecule has 0 amide bonds. The molecule has 49 valence electrons. The van der Waals surface area contributed by atoms with Gasteiger partial charge < -0.3 is 0 Å². The van der Waals surface area contributed by atoms with Crippen LogP contribution in [-0.4, -0.2) is 0 Å². The van der Waals surface area contributed by atoms with Crippen LogP contribution < -0.4 is 0 Å². The Balaban J connectivity index is 2.19. The molecular formula is C9H13. The molecule has 1 rings (SSSR count). The number of hydrogen-bond acceptors (Lipinski definition) is 0. The van der Waals surface area contributed by atoms with E-state index in [0.29, 0.717) is 0 Å². The molecule has 9 heavy (non-hydrogen) atoms. The average Bonchev–Trinajstić information content (AvgIpc) is 2.34. The van der Waals surface area contributed by atoms with Crippen molar-refractivity contribution in [3.63, 3.8) is 0 Å². The molecule has 1 aliphatic carbocycles. The summed E-state index contributed by atoms with van der Waals surface area (Å²) in [4.78, 5) is 0. The molecule has 0 N–H and O–H groups in total. The highest BCUT2D eigenvalue weighted by Gasteiger charge is 1.95. The van der Waals surface area contributed by atoms with Gasteiger partial charge in [-0.05, 0) is 30.9 Å². The predicted octanol–water partition coefficient (Wildman–Crippen LogP) is 2.87. The SMILES string of the molecule is CCCCC1=[C]CC=C1. The Morgan fingerprint density at radius 3 is 3.11 bits per heavy atom. The van der Waals surface area contributed by atoms with Crippen LogP contribution in [0.5, 0.6) is 0 Å². The van der Waals surface area contributed by atoms with Crippen molar-refractivity contribution in [1.29, 1.82) is 0 Å². The van der Waals surface area contributed by atoms with E-state index < -0.39 is 0 Å². The highest BCUT2D eigenvalue weighted by Crippen LogP contribution is 2.14. The minimum atomic E-state index is 1.04. The second-order valence-electron chi connectivity index (χ2n) is 2.41. The molecule has 0 saturated carbocycles. The van der Waals surface area contributed by atoms with Gasteiger partial charge in [0.15, 0.2) is 0 Å². The summed E-state index contributed by atoms with van der Waals surface area (Å²) in [6.45, 7) is 2.22. The Hall–Kier alpha value is -0.520. The van der Waals surface area contributed by atoms with Crippen molar-refractivity contribution in [2.45, 2.75) is 32.6 Å². The molecule has 0 heteroatoms. The third-order valence-electron chi connectivity index (χ3n) is 1.57. The van der Waals surface area contributed by atoms with Gasteiger partial charge in [-0.2, -0.15) is 0 Å². The lowest BCUT2D eigenvalue weighted by Crippen LogP contribution is -1.74. The van der Waals surface area contributed by atoms with Crippen LogP contribution >= 0.6 is 0 Å². The van der Waals surface area contributed by atoms with Gasteiger partial charge in [-0.1, -0.05) is 25.5 Å². The molecule has 0 nitrogen and oxygen atoms in total. The summed E-state index contributed by atoms with van der Waals surface area (Å²) in [7, 11) is 0. The predicted molar refractivity (Wildman–Crippen MR) is 40.0 cm³/mol. The molecule has 1 aliphatic rings. The van der Waals surface area contributed by atoms with E-state index in [9.17, 15) is 0 Å². The van der Waals surface area contributed by atoms with Crippen LogP contribution in [0, 0.1) is 6.08 Å². The first-order valence-corrected chi connectivity index (χ1v) is 3.69. The lowest BCUT2D eigenvalue weighted by Gasteiger charge is -1.93. The first-order valence-electron chi connectivity index (χ1n) is 3.69. The monoisotopic (exact) mass is 121 g/mol. The van der Waals surface area contributed by atoms with Gasteiger partial charge in [0.2, 0.25) is 0 Å². The molecule has 0 aromatic heterocycles. The van der Waals surface area contributed by atoms with Crippen molar-refractivity contribution in [2.24, 2.45) is 0 Å². The van der Waals surface area contributed by atoms with Gasteiger partial charge in [-0.3, -0.25) is 0 Å². The molecular weight excluding hydrogens is 108 g/mol. The van der Waals surface area contributed by atoms with Gasteiger partial charge in [0, 0.05) is 0 Å². The zero-order valence-electron chi connectivity index (χ0n) is 5.98. The number of unbranched alkanes of at least 4 members (excludes halogenated alkanes) is 1. The fourth-order valence-electron chi connectivity index (χ4n) is 0.989. The lowest BCUT2D eigenvalue weighted by atomic mass is 10.1. The van der Waals surface area contributed by atoms with E-state index in [4.69, 9.17) is 0 Å². The van der Waals surface area contributed by atoms with Crippen LogP contribution in [0.15, 0.2) is 17.7 Å². The summed E-state index contributed by atoms with van der Waals surface area (Å²) in [6, 6.07) is 0.